The van der Waals surface area contributed by atoms with Crippen LogP contribution in [-0.4, -0.2) is 72.5 Å². The molecule has 0 aliphatic carbocycles. The van der Waals surface area contributed by atoms with E-state index in [1.54, 1.807) is 0 Å². The first-order valence-electron chi connectivity index (χ1n) is 28.4. The van der Waals surface area contributed by atoms with Crippen molar-refractivity contribution in [3.8, 4) is 0 Å². The van der Waals surface area contributed by atoms with Crippen molar-refractivity contribution in [2.24, 2.45) is 0 Å². The molecule has 0 bridgehead atoms. The molecule has 0 aliphatic heterocycles. The molecule has 0 amide bonds. The average molecular weight is 997 g/mol. The van der Waals surface area contributed by atoms with Crippen LogP contribution in [0.3, 0.4) is 0 Å². The normalized spacial score (nSPS) is 9.84. The van der Waals surface area contributed by atoms with Crippen molar-refractivity contribution < 1.29 is 45.0 Å². The standard InChI is InChI=1S/3C16H32O2.3C3H7O.2Al/c3*1-2-3-4-5-6-7-8-9-10-11-12-13-14-15-16(17)18;3*1-2-3-4;;/h3*2-15H2,1H3,(H,17,18);3*2-3H2,1H3;;/q;;;3*-1;2*+3/p-3. The van der Waals surface area contributed by atoms with E-state index >= 15 is 0 Å². The maximum absolute atomic E-state index is 10.2. The van der Waals surface area contributed by atoms with Gasteiger partial charge in [-0.1, -0.05) is 292 Å². The third-order valence-corrected chi connectivity index (χ3v) is 11.1. The predicted molar refractivity (Wildman–Crippen MR) is 283 cm³/mol. The Balaban J connectivity index is -0.000000116. The van der Waals surface area contributed by atoms with Crippen molar-refractivity contribution >= 4 is 52.6 Å². The molecule has 0 radical (unpaired) electrons. The number of aliphatic carboxylic acids is 3. The average Bonchev–Trinajstić information content (AvgIpc) is 3.31. The maximum atomic E-state index is 10.2. The predicted octanol–water partition coefficient (Wildman–Crippen LogP) is 11.2. The van der Waals surface area contributed by atoms with Gasteiger partial charge in [0.25, 0.3) is 0 Å². The molecule has 0 aliphatic rings. The van der Waals surface area contributed by atoms with Gasteiger partial charge in [-0.15, -0.1) is 19.8 Å². The molecule has 0 saturated carbocycles. The molecule has 11 heteroatoms. The Morgan fingerprint density at radius 3 is 0.412 bits per heavy atom. The first kappa shape index (κ1) is 84.2. The molecule has 0 spiro atoms. The van der Waals surface area contributed by atoms with Gasteiger partial charge in [0, 0.05) is 17.9 Å². The summed E-state index contributed by atoms with van der Waals surface area (Å²) in [4.78, 5) is 30.6. The number of carbonyl (C=O) groups excluding carboxylic acids is 3. The first-order chi connectivity index (χ1) is 32.1. The topological polar surface area (TPSA) is 190 Å². The van der Waals surface area contributed by atoms with Gasteiger partial charge in [0.2, 0.25) is 0 Å². The van der Waals surface area contributed by atoms with Crippen LogP contribution in [0.4, 0.5) is 0 Å². The van der Waals surface area contributed by atoms with E-state index in [1.807, 2.05) is 20.8 Å². The van der Waals surface area contributed by atoms with Crippen molar-refractivity contribution in [1.82, 2.24) is 0 Å². The van der Waals surface area contributed by atoms with Gasteiger partial charge < -0.3 is 45.0 Å². The SMILES string of the molecule is CCCCCCCCCCCCCCCC(=O)[O-].CCCCCCCCCCCCCCCC(=O)[O-].CCCCCCCCCCCCCCCC(=O)[O-].CCC[O-].CCC[O-].CCC[O-].[Al+3].[Al+3]. The number of rotatable bonds is 45. The first-order valence-corrected chi connectivity index (χ1v) is 28.4. The van der Waals surface area contributed by atoms with Crippen LogP contribution in [0.15, 0.2) is 0 Å². The molecule has 402 valence electrons. The van der Waals surface area contributed by atoms with E-state index in [1.165, 1.54) is 212 Å². The molecular weight excluding hydrogens is 883 g/mol. The minimum absolute atomic E-state index is 0. The molecule has 0 rings (SSSR count). The summed E-state index contributed by atoms with van der Waals surface area (Å²) in [5.74, 6) is -2.71. The summed E-state index contributed by atoms with van der Waals surface area (Å²) in [7, 11) is 0. The van der Waals surface area contributed by atoms with E-state index in [-0.39, 0.29) is 73.8 Å². The van der Waals surface area contributed by atoms with E-state index in [0.717, 1.165) is 57.8 Å². The molecule has 0 unspecified atom stereocenters. The Morgan fingerprint density at radius 1 is 0.221 bits per heavy atom. The van der Waals surface area contributed by atoms with Crippen LogP contribution >= 0.6 is 0 Å². The Hall–Kier alpha value is -0.645. The van der Waals surface area contributed by atoms with Gasteiger partial charge in [-0.25, -0.2) is 0 Å². The van der Waals surface area contributed by atoms with Crippen molar-refractivity contribution in [3.05, 3.63) is 0 Å². The third kappa shape index (κ3) is 121. The van der Waals surface area contributed by atoms with Crippen LogP contribution in [0.5, 0.6) is 0 Å². The van der Waals surface area contributed by atoms with Gasteiger partial charge in [-0.2, -0.15) is 0 Å². The fourth-order valence-electron chi connectivity index (χ4n) is 6.86. The summed E-state index contributed by atoms with van der Waals surface area (Å²) in [5, 5.41) is 58.5. The molecule has 0 atom stereocenters. The second kappa shape index (κ2) is 89.2. The fraction of sp³-hybridized carbons (Fsp3) is 0.947. The van der Waals surface area contributed by atoms with E-state index in [4.69, 9.17) is 0 Å². The number of carboxylic acids is 3. The largest absolute Gasteiger partial charge is 3.00 e. The zero-order valence-corrected chi connectivity index (χ0v) is 48.6. The minimum Gasteiger partial charge on any atom is -0.854 e. The number of carboxylic acid groups (broad SMARTS) is 3. The molecule has 0 N–H and O–H groups in total. The van der Waals surface area contributed by atoms with Gasteiger partial charge >= 0.3 is 34.7 Å². The zero-order chi connectivity index (χ0) is 50.7. The second-order valence-corrected chi connectivity index (χ2v) is 18.2. The third-order valence-electron chi connectivity index (χ3n) is 11.1. The Labute approximate surface area is 445 Å². The van der Waals surface area contributed by atoms with Gasteiger partial charge in [-0.3, -0.25) is 0 Å². The van der Waals surface area contributed by atoms with Gasteiger partial charge in [-0.05, 0) is 38.5 Å². The van der Waals surface area contributed by atoms with Crippen LogP contribution < -0.4 is 30.6 Å². The smallest absolute Gasteiger partial charge is 0.854 e. The summed E-state index contributed by atoms with van der Waals surface area (Å²) in [6.45, 7) is 12.6. The minimum atomic E-state index is -0.905. The Bertz CT molecular complexity index is 726. The van der Waals surface area contributed by atoms with Crippen LogP contribution in [0.25, 0.3) is 0 Å². The molecule has 0 fully saturated rings. The summed E-state index contributed by atoms with van der Waals surface area (Å²) >= 11 is 0. The van der Waals surface area contributed by atoms with Crippen LogP contribution in [0.2, 0.25) is 0 Å². The van der Waals surface area contributed by atoms with Gasteiger partial charge in [0.1, 0.15) is 0 Å². The molecular formula is C57H114Al2O9. The number of unbranched alkanes of at least 4 members (excludes halogenated alkanes) is 36. The van der Waals surface area contributed by atoms with Gasteiger partial charge in [0.05, 0.1) is 0 Å². The second-order valence-electron chi connectivity index (χ2n) is 18.2. The Morgan fingerprint density at radius 2 is 0.324 bits per heavy atom. The maximum Gasteiger partial charge on any atom is 3.00 e. The van der Waals surface area contributed by atoms with Crippen LogP contribution in [-0.2, 0) is 14.4 Å². The summed E-state index contributed by atoms with van der Waals surface area (Å²) in [5.41, 5.74) is 0. The molecule has 0 aromatic carbocycles. The quantitative estimate of drug-likeness (QED) is 0.0422. The molecule has 0 aromatic rings. The van der Waals surface area contributed by atoms with Crippen molar-refractivity contribution in [3.63, 3.8) is 0 Å². The molecule has 68 heavy (non-hydrogen) atoms. The van der Waals surface area contributed by atoms with E-state index in [0.29, 0.717) is 0 Å². The van der Waals surface area contributed by atoms with E-state index in [2.05, 4.69) is 20.8 Å². The van der Waals surface area contributed by atoms with Gasteiger partial charge in [0.15, 0.2) is 0 Å². The number of hydrogen-bond acceptors (Lipinski definition) is 9. The number of hydrogen-bond donors (Lipinski definition) is 0. The molecule has 0 saturated heterocycles. The summed E-state index contributed by atoms with van der Waals surface area (Å²) in [6.07, 6.45) is 53.1. The summed E-state index contributed by atoms with van der Waals surface area (Å²) in [6, 6.07) is 0. The summed E-state index contributed by atoms with van der Waals surface area (Å²) < 4.78 is 0. The zero-order valence-electron chi connectivity index (χ0n) is 46.3. The van der Waals surface area contributed by atoms with Crippen LogP contribution in [0.1, 0.15) is 330 Å². The van der Waals surface area contributed by atoms with Crippen molar-refractivity contribution in [2.75, 3.05) is 19.8 Å². The molecule has 9 nitrogen and oxygen atoms in total. The fourth-order valence-corrected chi connectivity index (χ4v) is 6.86. The monoisotopic (exact) mass is 997 g/mol. The van der Waals surface area contributed by atoms with Crippen molar-refractivity contribution in [2.45, 2.75) is 330 Å². The van der Waals surface area contributed by atoms with E-state index in [9.17, 15) is 45.0 Å². The van der Waals surface area contributed by atoms with Crippen LogP contribution in [0, 0.1) is 0 Å². The molecule has 0 heterocycles. The van der Waals surface area contributed by atoms with Crippen molar-refractivity contribution in [1.29, 1.82) is 0 Å². The molecule has 0 aromatic heterocycles. The van der Waals surface area contributed by atoms with E-state index < -0.39 is 17.9 Å². The number of carbonyl (C=O) groups is 3. The Kier molecular flexibility index (Phi) is 110.